The van der Waals surface area contributed by atoms with E-state index in [0.717, 1.165) is 5.56 Å². The van der Waals surface area contributed by atoms with E-state index in [1.807, 2.05) is 0 Å². The van der Waals surface area contributed by atoms with E-state index >= 15 is 0 Å². The first kappa shape index (κ1) is 14.3. The molecule has 2 aromatic rings. The molecule has 1 aromatic carbocycles. The summed E-state index contributed by atoms with van der Waals surface area (Å²) in [6, 6.07) is 9.35. The van der Waals surface area contributed by atoms with Gasteiger partial charge in [-0.1, -0.05) is 6.07 Å². The zero-order valence-corrected chi connectivity index (χ0v) is 11.9. The Labute approximate surface area is 117 Å². The molecule has 6 heteroatoms. The van der Waals surface area contributed by atoms with Gasteiger partial charge in [0.1, 0.15) is 0 Å². The summed E-state index contributed by atoms with van der Waals surface area (Å²) in [5, 5.41) is 0. The second-order valence-corrected chi connectivity index (χ2v) is 6.68. The van der Waals surface area contributed by atoms with Gasteiger partial charge < -0.3 is 10.3 Å². The second-order valence-electron chi connectivity index (χ2n) is 4.57. The number of hydrogen-bond acceptors (Lipinski definition) is 4. The standard InChI is InChI=1S/C14H16N2O3S/c1-11-10-12(5-6-13(11)15)20(18,19)9-8-16-7-3-2-4-14(16)17/h2-7,10H,8-9,15H2,1H3. The molecule has 0 saturated carbocycles. The number of aromatic nitrogens is 1. The van der Waals surface area contributed by atoms with Crippen LogP contribution in [0.4, 0.5) is 5.69 Å². The van der Waals surface area contributed by atoms with Gasteiger partial charge in [-0.3, -0.25) is 4.79 Å². The summed E-state index contributed by atoms with van der Waals surface area (Å²) in [4.78, 5) is 11.8. The summed E-state index contributed by atoms with van der Waals surface area (Å²) in [5.41, 5.74) is 6.75. The summed E-state index contributed by atoms with van der Waals surface area (Å²) in [7, 11) is -3.43. The van der Waals surface area contributed by atoms with Crippen molar-refractivity contribution in [3.8, 4) is 0 Å². The van der Waals surface area contributed by atoms with Crippen LogP contribution in [0.25, 0.3) is 0 Å². The minimum atomic E-state index is -3.43. The summed E-state index contributed by atoms with van der Waals surface area (Å²) in [6.45, 7) is 1.89. The summed E-state index contributed by atoms with van der Waals surface area (Å²) in [5.74, 6) is -0.125. The number of nitrogens with two attached hydrogens (primary N) is 1. The molecule has 1 aromatic heterocycles. The summed E-state index contributed by atoms with van der Waals surface area (Å²) < 4.78 is 25.8. The number of hydrogen-bond donors (Lipinski definition) is 1. The molecule has 0 aliphatic rings. The van der Waals surface area contributed by atoms with Crippen molar-refractivity contribution in [2.75, 3.05) is 11.5 Å². The molecule has 0 unspecified atom stereocenters. The van der Waals surface area contributed by atoms with Gasteiger partial charge >= 0.3 is 0 Å². The summed E-state index contributed by atoms with van der Waals surface area (Å²) in [6.07, 6.45) is 1.58. The van der Waals surface area contributed by atoms with Crippen molar-refractivity contribution < 1.29 is 8.42 Å². The number of nitrogen functional groups attached to an aromatic ring is 1. The molecule has 20 heavy (non-hydrogen) atoms. The van der Waals surface area contributed by atoms with Crippen LogP contribution in [0.5, 0.6) is 0 Å². The molecule has 106 valence electrons. The first-order valence-electron chi connectivity index (χ1n) is 6.14. The Bertz CT molecular complexity index is 779. The fraction of sp³-hybridized carbons (Fsp3) is 0.214. The van der Waals surface area contributed by atoms with Crippen LogP contribution in [-0.4, -0.2) is 18.7 Å². The van der Waals surface area contributed by atoms with Crippen LogP contribution in [-0.2, 0) is 16.4 Å². The number of anilines is 1. The molecule has 5 nitrogen and oxygen atoms in total. The van der Waals surface area contributed by atoms with Crippen molar-refractivity contribution in [3.63, 3.8) is 0 Å². The van der Waals surface area contributed by atoms with Crippen LogP contribution in [0.2, 0.25) is 0 Å². The zero-order chi connectivity index (χ0) is 14.8. The number of pyridine rings is 1. The van der Waals surface area contributed by atoms with Crippen molar-refractivity contribution in [3.05, 3.63) is 58.5 Å². The van der Waals surface area contributed by atoms with Gasteiger partial charge in [-0.25, -0.2) is 8.42 Å². The number of nitrogens with zero attached hydrogens (tertiary/aromatic N) is 1. The SMILES string of the molecule is Cc1cc(S(=O)(=O)CCn2ccccc2=O)ccc1N. The lowest BCUT2D eigenvalue weighted by Crippen LogP contribution is -2.22. The monoisotopic (exact) mass is 292 g/mol. The van der Waals surface area contributed by atoms with Crippen LogP contribution in [0.3, 0.4) is 0 Å². The fourth-order valence-electron chi connectivity index (χ4n) is 1.82. The molecular formula is C14H16N2O3S. The van der Waals surface area contributed by atoms with Crippen molar-refractivity contribution in [1.82, 2.24) is 4.57 Å². The van der Waals surface area contributed by atoms with E-state index in [-0.39, 0.29) is 22.8 Å². The molecule has 0 aliphatic heterocycles. The van der Waals surface area contributed by atoms with Crippen LogP contribution >= 0.6 is 0 Å². The number of rotatable bonds is 4. The van der Waals surface area contributed by atoms with Gasteiger partial charge in [0, 0.05) is 24.5 Å². The van der Waals surface area contributed by atoms with Crippen molar-refractivity contribution in [2.45, 2.75) is 18.4 Å². The molecule has 0 spiro atoms. The van der Waals surface area contributed by atoms with E-state index in [1.165, 1.54) is 16.7 Å². The lowest BCUT2D eigenvalue weighted by atomic mass is 10.2. The predicted octanol–water partition coefficient (Wildman–Crippen LogP) is 1.21. The normalized spacial score (nSPS) is 11.4. The lowest BCUT2D eigenvalue weighted by Gasteiger charge is -2.08. The third-order valence-electron chi connectivity index (χ3n) is 3.10. The molecule has 2 N–H and O–H groups in total. The fourth-order valence-corrected chi connectivity index (χ4v) is 3.13. The zero-order valence-electron chi connectivity index (χ0n) is 11.1. The Kier molecular flexibility index (Phi) is 3.94. The average molecular weight is 292 g/mol. The van der Waals surface area contributed by atoms with Crippen molar-refractivity contribution >= 4 is 15.5 Å². The highest BCUT2D eigenvalue weighted by molar-refractivity contribution is 7.91. The summed E-state index contributed by atoms with van der Waals surface area (Å²) >= 11 is 0. The van der Waals surface area contributed by atoms with E-state index in [0.29, 0.717) is 5.69 Å². The Balaban J connectivity index is 2.22. The van der Waals surface area contributed by atoms with E-state index in [9.17, 15) is 13.2 Å². The van der Waals surface area contributed by atoms with Crippen LogP contribution in [0, 0.1) is 6.92 Å². The van der Waals surface area contributed by atoms with Crippen LogP contribution < -0.4 is 11.3 Å². The third-order valence-corrected chi connectivity index (χ3v) is 4.79. The highest BCUT2D eigenvalue weighted by Crippen LogP contribution is 2.18. The highest BCUT2D eigenvalue weighted by atomic mass is 32.2. The number of benzene rings is 1. The van der Waals surface area contributed by atoms with E-state index in [1.54, 1.807) is 37.4 Å². The molecule has 0 amide bonds. The molecule has 2 rings (SSSR count). The maximum Gasteiger partial charge on any atom is 0.250 e. The lowest BCUT2D eigenvalue weighted by molar-refractivity contribution is 0.587. The van der Waals surface area contributed by atoms with Gasteiger partial charge in [-0.15, -0.1) is 0 Å². The third kappa shape index (κ3) is 3.08. The van der Waals surface area contributed by atoms with Gasteiger partial charge in [-0.05, 0) is 36.8 Å². The predicted molar refractivity (Wildman–Crippen MR) is 78.3 cm³/mol. The maximum absolute atomic E-state index is 12.2. The molecule has 0 radical (unpaired) electrons. The van der Waals surface area contributed by atoms with Crippen LogP contribution in [0.15, 0.2) is 52.3 Å². The van der Waals surface area contributed by atoms with Crippen molar-refractivity contribution in [1.29, 1.82) is 0 Å². The highest BCUT2D eigenvalue weighted by Gasteiger charge is 2.15. The largest absolute Gasteiger partial charge is 0.399 e. The number of sulfone groups is 1. The van der Waals surface area contributed by atoms with Gasteiger partial charge in [0.2, 0.25) is 0 Å². The van der Waals surface area contributed by atoms with Gasteiger partial charge in [0.05, 0.1) is 10.6 Å². The Morgan fingerprint density at radius 2 is 1.95 bits per heavy atom. The molecule has 0 aliphatic carbocycles. The van der Waals surface area contributed by atoms with E-state index < -0.39 is 9.84 Å². The van der Waals surface area contributed by atoms with Gasteiger partial charge in [-0.2, -0.15) is 0 Å². The molecule has 1 heterocycles. The van der Waals surface area contributed by atoms with E-state index in [2.05, 4.69) is 0 Å². The number of aryl methyl sites for hydroxylation is 2. The molecular weight excluding hydrogens is 276 g/mol. The second kappa shape index (κ2) is 5.50. The minimum Gasteiger partial charge on any atom is -0.399 e. The molecule has 0 fully saturated rings. The Hall–Kier alpha value is -2.08. The van der Waals surface area contributed by atoms with Gasteiger partial charge in [0.25, 0.3) is 5.56 Å². The molecule has 0 atom stereocenters. The Morgan fingerprint density at radius 3 is 2.60 bits per heavy atom. The molecule has 0 bridgehead atoms. The van der Waals surface area contributed by atoms with Crippen LogP contribution in [0.1, 0.15) is 5.56 Å². The van der Waals surface area contributed by atoms with E-state index in [4.69, 9.17) is 5.73 Å². The maximum atomic E-state index is 12.2. The molecule has 0 saturated heterocycles. The smallest absolute Gasteiger partial charge is 0.250 e. The average Bonchev–Trinajstić information content (AvgIpc) is 2.41. The van der Waals surface area contributed by atoms with Crippen molar-refractivity contribution in [2.24, 2.45) is 0 Å². The topological polar surface area (TPSA) is 82.2 Å². The Morgan fingerprint density at radius 1 is 1.20 bits per heavy atom. The first-order valence-corrected chi connectivity index (χ1v) is 7.80. The quantitative estimate of drug-likeness (QED) is 0.859. The minimum absolute atomic E-state index is 0.125. The first-order chi connectivity index (χ1) is 9.40. The van der Waals surface area contributed by atoms with Gasteiger partial charge in [0.15, 0.2) is 9.84 Å².